The molecular weight excluding hydrogens is 262 g/mol. The van der Waals surface area contributed by atoms with E-state index in [0.717, 1.165) is 6.42 Å². The summed E-state index contributed by atoms with van der Waals surface area (Å²) >= 11 is 0. The summed E-state index contributed by atoms with van der Waals surface area (Å²) in [6, 6.07) is 12.5. The molecule has 4 heteroatoms. The molecule has 4 nitrogen and oxygen atoms in total. The van der Waals surface area contributed by atoms with Crippen molar-refractivity contribution in [3.63, 3.8) is 0 Å². The number of rotatable bonds is 3. The molecular formula is C17H19N3O. The van der Waals surface area contributed by atoms with Crippen LogP contribution in [-0.2, 0) is 0 Å². The molecule has 0 radical (unpaired) electrons. The topological polar surface area (TPSA) is 61.9 Å². The van der Waals surface area contributed by atoms with Crippen LogP contribution < -0.4 is 5.32 Å². The van der Waals surface area contributed by atoms with E-state index in [0.29, 0.717) is 23.4 Å². The maximum Gasteiger partial charge on any atom is 0.232 e. The number of aromatic nitrogens is 1. The maximum absolute atomic E-state index is 9.20. The SMILES string of the molecule is CC(C)(C)Nc1oc([C@@H]2C[C@@H]2c2ccccc2)nc1C#N. The van der Waals surface area contributed by atoms with Crippen LogP contribution >= 0.6 is 0 Å². The molecule has 2 aromatic rings. The van der Waals surface area contributed by atoms with Crippen molar-refractivity contribution < 1.29 is 4.42 Å². The highest BCUT2D eigenvalue weighted by molar-refractivity contribution is 5.48. The number of oxazole rings is 1. The number of hydrogen-bond acceptors (Lipinski definition) is 4. The quantitative estimate of drug-likeness (QED) is 0.922. The van der Waals surface area contributed by atoms with E-state index in [1.165, 1.54) is 5.56 Å². The van der Waals surface area contributed by atoms with Gasteiger partial charge in [-0.2, -0.15) is 5.26 Å². The van der Waals surface area contributed by atoms with Crippen molar-refractivity contribution in [2.45, 2.75) is 44.6 Å². The summed E-state index contributed by atoms with van der Waals surface area (Å²) in [6.45, 7) is 6.08. The predicted octanol–water partition coefficient (Wildman–Crippen LogP) is 4.03. The van der Waals surface area contributed by atoms with E-state index in [9.17, 15) is 5.26 Å². The van der Waals surface area contributed by atoms with Gasteiger partial charge in [0.1, 0.15) is 6.07 Å². The van der Waals surface area contributed by atoms with Gasteiger partial charge in [0, 0.05) is 11.5 Å². The lowest BCUT2D eigenvalue weighted by Crippen LogP contribution is -2.26. The van der Waals surface area contributed by atoms with Gasteiger partial charge in [0.05, 0.1) is 0 Å². The summed E-state index contributed by atoms with van der Waals surface area (Å²) in [7, 11) is 0. The molecule has 21 heavy (non-hydrogen) atoms. The Bertz CT molecular complexity index is 676. The fraction of sp³-hybridized carbons (Fsp3) is 0.412. The third-order valence-corrected chi connectivity index (χ3v) is 3.57. The van der Waals surface area contributed by atoms with Crippen LogP contribution in [0.25, 0.3) is 0 Å². The molecule has 1 aromatic heterocycles. The Hall–Kier alpha value is -2.28. The van der Waals surface area contributed by atoms with Gasteiger partial charge in [-0.05, 0) is 38.7 Å². The van der Waals surface area contributed by atoms with Crippen molar-refractivity contribution in [2.75, 3.05) is 5.32 Å². The third-order valence-electron chi connectivity index (χ3n) is 3.57. The maximum atomic E-state index is 9.20. The lowest BCUT2D eigenvalue weighted by Gasteiger charge is -2.19. The number of nitriles is 1. The molecule has 0 unspecified atom stereocenters. The van der Waals surface area contributed by atoms with Crippen molar-refractivity contribution in [1.29, 1.82) is 5.26 Å². The fourth-order valence-corrected chi connectivity index (χ4v) is 2.53. The van der Waals surface area contributed by atoms with E-state index in [-0.39, 0.29) is 11.5 Å². The van der Waals surface area contributed by atoms with E-state index < -0.39 is 0 Å². The molecule has 1 aliphatic carbocycles. The van der Waals surface area contributed by atoms with Gasteiger partial charge in [0.2, 0.25) is 17.5 Å². The Morgan fingerprint density at radius 1 is 1.24 bits per heavy atom. The Morgan fingerprint density at radius 3 is 2.57 bits per heavy atom. The van der Waals surface area contributed by atoms with E-state index >= 15 is 0 Å². The van der Waals surface area contributed by atoms with Gasteiger partial charge in [-0.1, -0.05) is 30.3 Å². The largest absolute Gasteiger partial charge is 0.424 e. The van der Waals surface area contributed by atoms with Crippen LogP contribution in [0.3, 0.4) is 0 Å². The number of anilines is 1. The van der Waals surface area contributed by atoms with Crippen molar-refractivity contribution in [1.82, 2.24) is 4.98 Å². The Morgan fingerprint density at radius 2 is 1.95 bits per heavy atom. The van der Waals surface area contributed by atoms with Crippen molar-refractivity contribution in [2.24, 2.45) is 0 Å². The molecule has 0 spiro atoms. The summed E-state index contributed by atoms with van der Waals surface area (Å²) in [5.74, 6) is 1.90. The minimum atomic E-state index is -0.162. The lowest BCUT2D eigenvalue weighted by atomic mass is 10.1. The minimum Gasteiger partial charge on any atom is -0.424 e. The van der Waals surface area contributed by atoms with Crippen LogP contribution in [0.1, 0.15) is 56.2 Å². The molecule has 1 N–H and O–H groups in total. The van der Waals surface area contributed by atoms with E-state index in [2.05, 4.69) is 28.5 Å². The first-order chi connectivity index (χ1) is 9.98. The average molecular weight is 281 g/mol. The summed E-state index contributed by atoms with van der Waals surface area (Å²) < 4.78 is 5.81. The Kier molecular flexibility index (Phi) is 3.21. The van der Waals surface area contributed by atoms with Gasteiger partial charge in [-0.25, -0.2) is 4.98 Å². The smallest absolute Gasteiger partial charge is 0.232 e. The molecule has 108 valence electrons. The molecule has 1 aliphatic rings. The summed E-state index contributed by atoms with van der Waals surface area (Å²) in [4.78, 5) is 4.36. The number of nitrogens with one attached hydrogen (secondary N) is 1. The van der Waals surface area contributed by atoms with Gasteiger partial charge in [0.15, 0.2) is 0 Å². The fourth-order valence-electron chi connectivity index (χ4n) is 2.53. The van der Waals surface area contributed by atoms with Crippen molar-refractivity contribution in [3.05, 3.63) is 47.5 Å². The third kappa shape index (κ3) is 2.92. The molecule has 1 heterocycles. The van der Waals surface area contributed by atoms with E-state index in [4.69, 9.17) is 4.42 Å². The lowest BCUT2D eigenvalue weighted by molar-refractivity contribution is 0.487. The van der Waals surface area contributed by atoms with Crippen LogP contribution in [0.4, 0.5) is 5.88 Å². The second-order valence-electron chi connectivity index (χ2n) is 6.58. The normalized spacial score (nSPS) is 20.9. The standard InChI is InChI=1S/C17H19N3O/c1-17(2,3)20-16-14(10-18)19-15(21-16)13-9-12(13)11-7-5-4-6-8-11/h4-8,12-13,20H,9H2,1-3H3/t12-,13-/m1/s1. The van der Waals surface area contributed by atoms with Crippen LogP contribution in [0.15, 0.2) is 34.7 Å². The van der Waals surface area contributed by atoms with Crippen LogP contribution in [0.2, 0.25) is 0 Å². The zero-order valence-electron chi connectivity index (χ0n) is 12.6. The highest BCUT2D eigenvalue weighted by Crippen LogP contribution is 2.54. The van der Waals surface area contributed by atoms with Gasteiger partial charge < -0.3 is 9.73 Å². The zero-order valence-corrected chi connectivity index (χ0v) is 12.6. The molecule has 1 aromatic carbocycles. The van der Waals surface area contributed by atoms with Crippen molar-refractivity contribution in [3.8, 4) is 6.07 Å². The van der Waals surface area contributed by atoms with Gasteiger partial charge in [-0.15, -0.1) is 0 Å². The van der Waals surface area contributed by atoms with Crippen LogP contribution in [-0.4, -0.2) is 10.5 Å². The second-order valence-corrected chi connectivity index (χ2v) is 6.58. The predicted molar refractivity (Wildman–Crippen MR) is 81.1 cm³/mol. The van der Waals surface area contributed by atoms with Gasteiger partial charge >= 0.3 is 0 Å². The first-order valence-electron chi connectivity index (χ1n) is 7.22. The minimum absolute atomic E-state index is 0.162. The molecule has 3 rings (SSSR count). The van der Waals surface area contributed by atoms with Gasteiger partial charge in [0.25, 0.3) is 0 Å². The molecule has 0 amide bonds. The molecule has 0 bridgehead atoms. The average Bonchev–Trinajstić information content (AvgIpc) is 3.14. The molecule has 0 aliphatic heterocycles. The molecule has 2 atom stereocenters. The Balaban J connectivity index is 1.81. The Labute approximate surface area is 124 Å². The monoisotopic (exact) mass is 281 g/mol. The summed E-state index contributed by atoms with van der Waals surface area (Å²) in [6.07, 6.45) is 1.03. The second kappa shape index (κ2) is 4.92. The van der Waals surface area contributed by atoms with Gasteiger partial charge in [-0.3, -0.25) is 0 Å². The van der Waals surface area contributed by atoms with Crippen molar-refractivity contribution >= 4 is 5.88 Å². The first kappa shape index (κ1) is 13.7. The molecule has 0 saturated heterocycles. The van der Waals surface area contributed by atoms with Crippen LogP contribution in [0, 0.1) is 11.3 Å². The molecule has 1 fully saturated rings. The van der Waals surface area contributed by atoms with E-state index in [1.54, 1.807) is 0 Å². The zero-order chi connectivity index (χ0) is 15.0. The summed E-state index contributed by atoms with van der Waals surface area (Å²) in [5, 5.41) is 12.4. The highest BCUT2D eigenvalue weighted by Gasteiger charge is 2.43. The van der Waals surface area contributed by atoms with Crippen LogP contribution in [0.5, 0.6) is 0 Å². The number of hydrogen-bond donors (Lipinski definition) is 1. The highest BCUT2D eigenvalue weighted by atomic mass is 16.4. The number of nitrogens with zero attached hydrogens (tertiary/aromatic N) is 2. The van der Waals surface area contributed by atoms with E-state index in [1.807, 2.05) is 39.0 Å². The first-order valence-corrected chi connectivity index (χ1v) is 7.22. The summed E-state index contributed by atoms with van der Waals surface area (Å²) in [5.41, 5.74) is 1.49. The number of benzene rings is 1. The molecule has 1 saturated carbocycles.